The molecule has 13 heavy (non-hydrogen) atoms. The molecule has 1 radical (unpaired) electrons. The fourth-order valence-corrected chi connectivity index (χ4v) is 1.07. The van der Waals surface area contributed by atoms with Gasteiger partial charge in [-0.1, -0.05) is 30.3 Å². The summed E-state index contributed by atoms with van der Waals surface area (Å²) in [5, 5.41) is 2.38. The Morgan fingerprint density at radius 3 is 2.62 bits per heavy atom. The van der Waals surface area contributed by atoms with Crippen LogP contribution in [0.4, 0.5) is 0 Å². The number of hydrogen-bond acceptors (Lipinski definition) is 2. The van der Waals surface area contributed by atoms with Gasteiger partial charge in [-0.2, -0.15) is 0 Å². The first-order chi connectivity index (χ1) is 6.36. The first-order valence-corrected chi connectivity index (χ1v) is 3.98. The molecule has 1 N–H and O–H groups in total. The molecule has 0 bridgehead atoms. The van der Waals surface area contributed by atoms with E-state index >= 15 is 0 Å². The Hall–Kier alpha value is -1.64. The minimum atomic E-state index is -0.542. The molecule has 0 unspecified atom stereocenters. The lowest BCUT2D eigenvalue weighted by molar-refractivity contribution is -0.109. The monoisotopic (exact) mass is 176 g/mol. The molecular formula is C10H10NO2. The number of hydrogen-bond donors (Lipinski definition) is 1. The number of benzene rings is 1. The highest BCUT2D eigenvalue weighted by molar-refractivity contribution is 5.64. The molecule has 3 nitrogen and oxygen atoms in total. The second-order valence-corrected chi connectivity index (χ2v) is 2.64. The van der Waals surface area contributed by atoms with Crippen molar-refractivity contribution in [2.24, 2.45) is 0 Å². The van der Waals surface area contributed by atoms with E-state index in [0.29, 0.717) is 12.8 Å². The topological polar surface area (TPSA) is 46.2 Å². The van der Waals surface area contributed by atoms with E-state index in [0.717, 1.165) is 5.56 Å². The van der Waals surface area contributed by atoms with E-state index in [2.05, 4.69) is 5.32 Å². The molecular weight excluding hydrogens is 166 g/mol. The van der Waals surface area contributed by atoms with Gasteiger partial charge in [0.25, 0.3) is 0 Å². The summed E-state index contributed by atoms with van der Waals surface area (Å²) < 4.78 is 0. The predicted octanol–water partition coefficient (Wildman–Crippen LogP) is 0.453. The second kappa shape index (κ2) is 5.09. The van der Waals surface area contributed by atoms with Crippen molar-refractivity contribution in [3.8, 4) is 0 Å². The van der Waals surface area contributed by atoms with E-state index in [1.165, 1.54) is 0 Å². The van der Waals surface area contributed by atoms with Crippen LogP contribution in [0.15, 0.2) is 30.3 Å². The van der Waals surface area contributed by atoms with Gasteiger partial charge in [-0.05, 0) is 5.56 Å². The van der Waals surface area contributed by atoms with Gasteiger partial charge in [-0.25, -0.2) is 0 Å². The number of rotatable bonds is 5. The first kappa shape index (κ1) is 9.45. The van der Waals surface area contributed by atoms with Gasteiger partial charge in [-0.15, -0.1) is 0 Å². The van der Waals surface area contributed by atoms with Gasteiger partial charge in [0.15, 0.2) is 0 Å². The van der Waals surface area contributed by atoms with Gasteiger partial charge < -0.3 is 5.32 Å². The maximum absolute atomic E-state index is 10.4. The lowest BCUT2D eigenvalue weighted by atomic mass is 10.1. The number of amides is 1. The quantitative estimate of drug-likeness (QED) is 0.662. The minimum Gasteiger partial charge on any atom is -0.348 e. The average molecular weight is 176 g/mol. The molecule has 0 aliphatic carbocycles. The van der Waals surface area contributed by atoms with Gasteiger partial charge in [-0.3, -0.25) is 9.59 Å². The highest BCUT2D eigenvalue weighted by Gasteiger charge is 2.06. The summed E-state index contributed by atoms with van der Waals surface area (Å²) in [5.74, 6) is 0. The molecule has 1 rings (SSSR count). The van der Waals surface area contributed by atoms with Crippen molar-refractivity contribution in [3.63, 3.8) is 0 Å². The van der Waals surface area contributed by atoms with Crippen LogP contribution in [0.2, 0.25) is 0 Å². The Balaban J connectivity index is 2.56. The Morgan fingerprint density at radius 1 is 1.38 bits per heavy atom. The zero-order chi connectivity index (χ0) is 9.52. The van der Waals surface area contributed by atoms with Crippen LogP contribution in [0.1, 0.15) is 5.56 Å². The van der Waals surface area contributed by atoms with Crippen LogP contribution < -0.4 is 5.32 Å². The summed E-state index contributed by atoms with van der Waals surface area (Å²) in [6, 6.07) is 8.93. The Labute approximate surface area is 76.8 Å². The molecule has 1 aromatic rings. The molecule has 0 fully saturated rings. The molecule has 0 heterocycles. The van der Waals surface area contributed by atoms with Crippen molar-refractivity contribution in [1.29, 1.82) is 0 Å². The maximum Gasteiger partial charge on any atom is 0.223 e. The van der Waals surface area contributed by atoms with E-state index in [1.807, 2.05) is 30.3 Å². The molecule has 1 aromatic carbocycles. The summed E-state index contributed by atoms with van der Waals surface area (Å²) in [5.41, 5.74) is 1.00. The van der Waals surface area contributed by atoms with Gasteiger partial charge in [0.1, 0.15) is 0 Å². The molecule has 1 amide bonds. The highest BCUT2D eigenvalue weighted by Crippen LogP contribution is 2.01. The fourth-order valence-electron chi connectivity index (χ4n) is 1.07. The smallest absolute Gasteiger partial charge is 0.223 e. The van der Waals surface area contributed by atoms with Crippen molar-refractivity contribution in [2.45, 2.75) is 12.5 Å². The van der Waals surface area contributed by atoms with Crippen LogP contribution in [0.3, 0.4) is 0 Å². The van der Waals surface area contributed by atoms with E-state index in [-0.39, 0.29) is 0 Å². The fraction of sp³-hybridized carbons (Fsp3) is 0.200. The van der Waals surface area contributed by atoms with Crippen LogP contribution >= 0.6 is 0 Å². The summed E-state index contributed by atoms with van der Waals surface area (Å²) >= 11 is 0. The van der Waals surface area contributed by atoms with Crippen molar-refractivity contribution in [3.05, 3.63) is 35.9 Å². The molecule has 3 heteroatoms. The second-order valence-electron chi connectivity index (χ2n) is 2.64. The normalized spacial score (nSPS) is 11.7. The minimum absolute atomic E-state index is 0.489. The predicted molar refractivity (Wildman–Crippen MR) is 48.8 cm³/mol. The van der Waals surface area contributed by atoms with Gasteiger partial charge in [0, 0.05) is 6.42 Å². The third-order valence-corrected chi connectivity index (χ3v) is 1.69. The number of carbonyl (C=O) groups is 1. The van der Waals surface area contributed by atoms with E-state index in [9.17, 15) is 9.59 Å². The molecule has 0 aliphatic rings. The lowest BCUT2D eigenvalue weighted by Crippen LogP contribution is -2.31. The zero-order valence-electron chi connectivity index (χ0n) is 7.07. The average Bonchev–Trinajstić information content (AvgIpc) is 2.19. The molecule has 0 saturated heterocycles. The van der Waals surface area contributed by atoms with Gasteiger partial charge in [0.05, 0.1) is 6.04 Å². The molecule has 0 saturated carbocycles. The Bertz CT molecular complexity index is 272. The number of carbonyl (C=O) groups excluding carboxylic acids is 2. The maximum atomic E-state index is 10.4. The van der Waals surface area contributed by atoms with Crippen molar-refractivity contribution in [2.75, 3.05) is 0 Å². The van der Waals surface area contributed by atoms with Crippen LogP contribution in [-0.4, -0.2) is 18.7 Å². The van der Waals surface area contributed by atoms with Crippen molar-refractivity contribution < 1.29 is 9.59 Å². The molecule has 0 aliphatic heterocycles. The van der Waals surface area contributed by atoms with E-state index in [4.69, 9.17) is 0 Å². The van der Waals surface area contributed by atoms with Gasteiger partial charge in [0.2, 0.25) is 12.7 Å². The molecule has 0 spiro atoms. The summed E-state index contributed by atoms with van der Waals surface area (Å²) in [6.45, 7) is 0. The SMILES string of the molecule is O=[C][C@H](Cc1ccccc1)NC=O. The summed E-state index contributed by atoms with van der Waals surface area (Å²) in [4.78, 5) is 20.4. The van der Waals surface area contributed by atoms with Crippen molar-refractivity contribution >= 4 is 12.7 Å². The van der Waals surface area contributed by atoms with Crippen LogP contribution in [-0.2, 0) is 16.0 Å². The van der Waals surface area contributed by atoms with Crippen LogP contribution in [0.25, 0.3) is 0 Å². The highest BCUT2D eigenvalue weighted by atomic mass is 16.1. The Morgan fingerprint density at radius 2 is 2.08 bits per heavy atom. The van der Waals surface area contributed by atoms with E-state index < -0.39 is 6.04 Å². The summed E-state index contributed by atoms with van der Waals surface area (Å²) in [7, 11) is 0. The molecule has 1 atom stereocenters. The summed E-state index contributed by atoms with van der Waals surface area (Å²) in [6.07, 6.45) is 2.76. The lowest BCUT2D eigenvalue weighted by Gasteiger charge is -2.06. The van der Waals surface area contributed by atoms with Crippen molar-refractivity contribution in [1.82, 2.24) is 5.32 Å². The van der Waals surface area contributed by atoms with Crippen LogP contribution in [0.5, 0.6) is 0 Å². The molecule has 0 aromatic heterocycles. The Kier molecular flexibility index (Phi) is 3.70. The van der Waals surface area contributed by atoms with E-state index in [1.54, 1.807) is 6.29 Å². The first-order valence-electron chi connectivity index (χ1n) is 3.98. The third-order valence-electron chi connectivity index (χ3n) is 1.69. The van der Waals surface area contributed by atoms with Crippen LogP contribution in [0, 0.1) is 0 Å². The molecule has 67 valence electrons. The standard InChI is InChI=1S/C10H10NO2/c12-7-10(11-8-13)6-9-4-2-1-3-5-9/h1-5,8,10H,6H2,(H,11,13)/t10-/m0/s1. The van der Waals surface area contributed by atoms with Gasteiger partial charge >= 0.3 is 0 Å². The third kappa shape index (κ3) is 3.07. The number of nitrogens with one attached hydrogen (secondary N) is 1. The largest absolute Gasteiger partial charge is 0.348 e. The zero-order valence-corrected chi connectivity index (χ0v) is 7.07.